The molecule has 1 unspecified atom stereocenters. The predicted molar refractivity (Wildman–Crippen MR) is 136 cm³/mol. The first-order valence-electron chi connectivity index (χ1n) is 12.3. The lowest BCUT2D eigenvalue weighted by Gasteiger charge is -2.33. The van der Waals surface area contributed by atoms with Crippen molar-refractivity contribution >= 4 is 11.8 Å². The topological polar surface area (TPSA) is 93.7 Å². The van der Waals surface area contributed by atoms with Crippen molar-refractivity contribution in [3.05, 3.63) is 83.7 Å². The summed E-state index contributed by atoms with van der Waals surface area (Å²) in [5.41, 5.74) is 1.31. The number of hydrogen-bond acceptors (Lipinski definition) is 6. The Morgan fingerprint density at radius 1 is 1.03 bits per heavy atom. The third kappa shape index (κ3) is 6.41. The standard InChI is InChI=1S/C28H31FN4O4/c1-36-24-13-10-20(16-25(24)37-2)26(27(34)32-22-6-4-3-5-7-22)33(18-19-8-11-21(29)12-9-19)28(35)23-17-30-14-15-31-23/h8-17,22,26H,3-7,18H2,1-2H3,(H,32,34). The number of nitrogens with zero attached hydrogens (tertiary/aromatic N) is 3. The van der Waals surface area contributed by atoms with E-state index in [1.807, 2.05) is 0 Å². The van der Waals surface area contributed by atoms with Crippen LogP contribution in [-0.4, -0.2) is 46.9 Å². The Morgan fingerprint density at radius 3 is 2.41 bits per heavy atom. The molecule has 2 aromatic carbocycles. The number of hydrogen-bond donors (Lipinski definition) is 1. The fourth-order valence-electron chi connectivity index (χ4n) is 4.65. The Bertz CT molecular complexity index is 1200. The van der Waals surface area contributed by atoms with Gasteiger partial charge >= 0.3 is 0 Å². The second-order valence-corrected chi connectivity index (χ2v) is 9.01. The minimum absolute atomic E-state index is 0.0307. The van der Waals surface area contributed by atoms with E-state index >= 15 is 0 Å². The molecule has 194 valence electrons. The van der Waals surface area contributed by atoms with Crippen LogP contribution in [0.4, 0.5) is 4.39 Å². The maximum absolute atomic E-state index is 13.9. The number of carbonyl (C=O) groups excluding carboxylic acids is 2. The van der Waals surface area contributed by atoms with Crippen molar-refractivity contribution in [1.29, 1.82) is 0 Å². The van der Waals surface area contributed by atoms with Crippen LogP contribution in [0.15, 0.2) is 61.1 Å². The number of amides is 2. The molecule has 8 nitrogen and oxygen atoms in total. The number of aromatic nitrogens is 2. The quantitative estimate of drug-likeness (QED) is 0.460. The minimum Gasteiger partial charge on any atom is -0.493 e. The first-order valence-corrected chi connectivity index (χ1v) is 12.3. The van der Waals surface area contributed by atoms with Crippen LogP contribution in [0, 0.1) is 5.82 Å². The van der Waals surface area contributed by atoms with Crippen LogP contribution >= 0.6 is 0 Å². The van der Waals surface area contributed by atoms with Gasteiger partial charge in [-0.3, -0.25) is 14.6 Å². The smallest absolute Gasteiger partial charge is 0.275 e. The van der Waals surface area contributed by atoms with Gasteiger partial charge < -0.3 is 19.7 Å². The van der Waals surface area contributed by atoms with Crippen LogP contribution in [0.2, 0.25) is 0 Å². The van der Waals surface area contributed by atoms with Gasteiger partial charge in [0.25, 0.3) is 5.91 Å². The molecule has 37 heavy (non-hydrogen) atoms. The lowest BCUT2D eigenvalue weighted by Crippen LogP contribution is -2.47. The van der Waals surface area contributed by atoms with Gasteiger partial charge in [0.15, 0.2) is 11.5 Å². The van der Waals surface area contributed by atoms with Gasteiger partial charge in [0.05, 0.1) is 20.4 Å². The highest BCUT2D eigenvalue weighted by Crippen LogP contribution is 2.34. The van der Waals surface area contributed by atoms with E-state index in [2.05, 4.69) is 15.3 Å². The molecule has 1 aliphatic rings. The first-order chi connectivity index (χ1) is 18.0. The highest BCUT2D eigenvalue weighted by molar-refractivity contribution is 5.96. The van der Waals surface area contributed by atoms with Gasteiger partial charge in [0, 0.05) is 25.0 Å². The van der Waals surface area contributed by atoms with Gasteiger partial charge in [-0.05, 0) is 48.2 Å². The Kier molecular flexibility index (Phi) is 8.66. The summed E-state index contributed by atoms with van der Waals surface area (Å²) in [5, 5.41) is 3.16. The number of methoxy groups -OCH3 is 2. The number of carbonyl (C=O) groups is 2. The molecule has 0 saturated heterocycles. The van der Waals surface area contributed by atoms with Crippen molar-refractivity contribution in [1.82, 2.24) is 20.2 Å². The van der Waals surface area contributed by atoms with E-state index in [0.29, 0.717) is 22.6 Å². The summed E-state index contributed by atoms with van der Waals surface area (Å²) in [6.45, 7) is 0.0484. The number of benzene rings is 2. The molecule has 1 aliphatic carbocycles. The molecule has 0 bridgehead atoms. The molecule has 1 atom stereocenters. The third-order valence-electron chi connectivity index (χ3n) is 6.54. The summed E-state index contributed by atoms with van der Waals surface area (Å²) in [6.07, 6.45) is 9.28. The highest BCUT2D eigenvalue weighted by Gasteiger charge is 2.34. The lowest BCUT2D eigenvalue weighted by atomic mass is 9.94. The van der Waals surface area contributed by atoms with Crippen LogP contribution in [-0.2, 0) is 11.3 Å². The second kappa shape index (κ2) is 12.3. The van der Waals surface area contributed by atoms with Gasteiger partial charge in [-0.15, -0.1) is 0 Å². The van der Waals surface area contributed by atoms with Crippen molar-refractivity contribution in [3.8, 4) is 11.5 Å². The largest absolute Gasteiger partial charge is 0.493 e. The van der Waals surface area contributed by atoms with Crippen molar-refractivity contribution in [2.75, 3.05) is 14.2 Å². The molecule has 0 aliphatic heterocycles. The van der Waals surface area contributed by atoms with Crippen LogP contribution < -0.4 is 14.8 Å². The molecule has 1 heterocycles. The Morgan fingerprint density at radius 2 is 1.76 bits per heavy atom. The van der Waals surface area contributed by atoms with E-state index in [-0.39, 0.29) is 30.0 Å². The van der Waals surface area contributed by atoms with Crippen molar-refractivity contribution < 1.29 is 23.5 Å². The normalized spacial score (nSPS) is 14.5. The molecular formula is C28H31FN4O4. The van der Waals surface area contributed by atoms with Crippen molar-refractivity contribution in [2.45, 2.75) is 50.7 Å². The summed E-state index contributed by atoms with van der Waals surface area (Å²) in [7, 11) is 3.04. The van der Waals surface area contributed by atoms with E-state index in [1.165, 1.54) is 49.8 Å². The molecule has 0 radical (unpaired) electrons. The fourth-order valence-corrected chi connectivity index (χ4v) is 4.65. The van der Waals surface area contributed by atoms with E-state index < -0.39 is 11.9 Å². The molecule has 2 amide bonds. The first kappa shape index (κ1) is 26.1. The van der Waals surface area contributed by atoms with Crippen LogP contribution in [0.5, 0.6) is 11.5 Å². The number of rotatable bonds is 9. The summed E-state index contributed by atoms with van der Waals surface area (Å²) < 4.78 is 24.5. The van der Waals surface area contributed by atoms with Gasteiger partial charge in [0.2, 0.25) is 5.91 Å². The number of halogens is 1. The summed E-state index contributed by atoms with van der Waals surface area (Å²) in [5.74, 6) is -0.233. The van der Waals surface area contributed by atoms with E-state index in [0.717, 1.165) is 32.1 Å². The molecule has 1 N–H and O–H groups in total. The lowest BCUT2D eigenvalue weighted by molar-refractivity contribution is -0.127. The maximum Gasteiger partial charge on any atom is 0.275 e. The number of nitrogens with one attached hydrogen (secondary N) is 1. The summed E-state index contributed by atoms with van der Waals surface area (Å²) in [4.78, 5) is 37.4. The molecule has 1 aromatic heterocycles. The molecule has 3 aromatic rings. The Labute approximate surface area is 215 Å². The zero-order valence-corrected chi connectivity index (χ0v) is 21.0. The number of ether oxygens (including phenoxy) is 2. The molecule has 9 heteroatoms. The molecular weight excluding hydrogens is 475 g/mol. The van der Waals surface area contributed by atoms with Crippen molar-refractivity contribution in [3.63, 3.8) is 0 Å². The molecule has 1 saturated carbocycles. The van der Waals surface area contributed by atoms with E-state index in [1.54, 1.807) is 30.3 Å². The van der Waals surface area contributed by atoms with Crippen LogP contribution in [0.3, 0.4) is 0 Å². The second-order valence-electron chi connectivity index (χ2n) is 9.01. The van der Waals surface area contributed by atoms with Gasteiger partial charge in [-0.25, -0.2) is 9.37 Å². The van der Waals surface area contributed by atoms with Gasteiger partial charge in [0.1, 0.15) is 17.6 Å². The van der Waals surface area contributed by atoms with Crippen molar-refractivity contribution in [2.24, 2.45) is 0 Å². The minimum atomic E-state index is -1.01. The zero-order chi connectivity index (χ0) is 26.2. The highest BCUT2D eigenvalue weighted by atomic mass is 19.1. The van der Waals surface area contributed by atoms with E-state index in [4.69, 9.17) is 9.47 Å². The third-order valence-corrected chi connectivity index (χ3v) is 6.54. The molecule has 4 rings (SSSR count). The predicted octanol–water partition coefficient (Wildman–Crippen LogP) is 4.47. The molecule has 0 spiro atoms. The van der Waals surface area contributed by atoms with Crippen LogP contribution in [0.25, 0.3) is 0 Å². The summed E-state index contributed by atoms with van der Waals surface area (Å²) >= 11 is 0. The SMILES string of the molecule is COc1ccc(C(C(=O)NC2CCCCC2)N(Cc2ccc(F)cc2)C(=O)c2cnccn2)cc1OC. The average Bonchev–Trinajstić information content (AvgIpc) is 2.94. The Balaban J connectivity index is 1.79. The maximum atomic E-state index is 13.9. The van der Waals surface area contributed by atoms with E-state index in [9.17, 15) is 14.0 Å². The Hall–Kier alpha value is -4.01. The van der Waals surface area contributed by atoms with Crippen LogP contribution in [0.1, 0.15) is 59.8 Å². The zero-order valence-electron chi connectivity index (χ0n) is 21.0. The van der Waals surface area contributed by atoms with Gasteiger partial charge in [-0.2, -0.15) is 0 Å². The average molecular weight is 507 g/mol. The monoisotopic (exact) mass is 506 g/mol. The van der Waals surface area contributed by atoms with Gasteiger partial charge in [-0.1, -0.05) is 37.5 Å². The summed E-state index contributed by atoms with van der Waals surface area (Å²) in [6, 6.07) is 10.0. The molecule has 1 fully saturated rings. The fraction of sp³-hybridized carbons (Fsp3) is 0.357.